The van der Waals surface area contributed by atoms with Crippen molar-refractivity contribution in [2.45, 2.75) is 32.9 Å². The largest absolute Gasteiger partial charge is 0.480 e. The number of carbonyl (C=O) groups is 1. The Bertz CT molecular complexity index is 470. The van der Waals surface area contributed by atoms with Gasteiger partial charge in [-0.1, -0.05) is 5.16 Å². The zero-order valence-corrected chi connectivity index (χ0v) is 12.2. The van der Waals surface area contributed by atoms with E-state index in [9.17, 15) is 4.79 Å². The van der Waals surface area contributed by atoms with Crippen molar-refractivity contribution < 1.29 is 14.4 Å². The van der Waals surface area contributed by atoms with Crippen LogP contribution in [0.2, 0.25) is 0 Å². The SMILES string of the molecule is COc1cc(CON=C(N)C(C)(C)NC(C)=O)sn1. The molecular formula is C11H18N4O3S. The quantitative estimate of drug-likeness (QED) is 0.459. The summed E-state index contributed by atoms with van der Waals surface area (Å²) >= 11 is 1.26. The van der Waals surface area contributed by atoms with Crippen LogP contribution < -0.4 is 15.8 Å². The summed E-state index contributed by atoms with van der Waals surface area (Å²) in [5.41, 5.74) is 5.02. The molecule has 0 aliphatic heterocycles. The second-order valence-electron chi connectivity index (χ2n) is 4.39. The highest BCUT2D eigenvalue weighted by Gasteiger charge is 2.24. The molecule has 106 valence electrons. The van der Waals surface area contributed by atoms with E-state index in [2.05, 4.69) is 14.8 Å². The average molecular weight is 286 g/mol. The third-order valence-electron chi connectivity index (χ3n) is 2.25. The number of methoxy groups -OCH3 is 1. The number of carbonyl (C=O) groups excluding carboxylic acids is 1. The minimum Gasteiger partial charge on any atom is -0.480 e. The van der Waals surface area contributed by atoms with E-state index in [4.69, 9.17) is 15.3 Å². The summed E-state index contributed by atoms with van der Waals surface area (Å²) in [4.78, 5) is 17.0. The number of oxime groups is 1. The van der Waals surface area contributed by atoms with Crippen molar-refractivity contribution >= 4 is 23.3 Å². The van der Waals surface area contributed by atoms with Crippen LogP contribution in [0.15, 0.2) is 11.2 Å². The number of nitrogens with one attached hydrogen (secondary N) is 1. The van der Waals surface area contributed by atoms with Gasteiger partial charge in [-0.05, 0) is 25.4 Å². The van der Waals surface area contributed by atoms with E-state index in [0.717, 1.165) is 4.88 Å². The van der Waals surface area contributed by atoms with Gasteiger partial charge in [-0.2, -0.15) is 4.37 Å². The van der Waals surface area contributed by atoms with Gasteiger partial charge in [0.1, 0.15) is 0 Å². The number of nitrogens with two attached hydrogens (primary N) is 1. The lowest BCUT2D eigenvalue weighted by Gasteiger charge is -2.23. The monoisotopic (exact) mass is 286 g/mol. The summed E-state index contributed by atoms with van der Waals surface area (Å²) in [6.45, 7) is 5.15. The van der Waals surface area contributed by atoms with Gasteiger partial charge in [0.05, 0.1) is 17.5 Å². The molecule has 1 aromatic heterocycles. The molecule has 0 saturated heterocycles. The summed E-state index contributed by atoms with van der Waals surface area (Å²) in [5, 5.41) is 6.47. The van der Waals surface area contributed by atoms with Gasteiger partial charge in [0.15, 0.2) is 12.4 Å². The van der Waals surface area contributed by atoms with Crippen LogP contribution in [0.5, 0.6) is 5.88 Å². The van der Waals surface area contributed by atoms with E-state index < -0.39 is 5.54 Å². The van der Waals surface area contributed by atoms with Crippen LogP contribution in [-0.2, 0) is 16.2 Å². The maximum atomic E-state index is 11.0. The summed E-state index contributed by atoms with van der Waals surface area (Å²) in [6, 6.07) is 1.76. The first-order valence-electron chi connectivity index (χ1n) is 5.59. The molecule has 1 aromatic rings. The topological polar surface area (TPSA) is 98.8 Å². The van der Waals surface area contributed by atoms with E-state index in [0.29, 0.717) is 5.88 Å². The van der Waals surface area contributed by atoms with Crippen LogP contribution in [0.25, 0.3) is 0 Å². The molecule has 0 aromatic carbocycles. The van der Waals surface area contributed by atoms with Crippen LogP contribution in [0.4, 0.5) is 0 Å². The first kappa shape index (κ1) is 15.2. The van der Waals surface area contributed by atoms with E-state index in [1.54, 1.807) is 27.0 Å². The molecule has 0 unspecified atom stereocenters. The van der Waals surface area contributed by atoms with Gasteiger partial charge >= 0.3 is 0 Å². The molecule has 8 heteroatoms. The highest BCUT2D eigenvalue weighted by molar-refractivity contribution is 7.05. The molecule has 1 rings (SSSR count). The highest BCUT2D eigenvalue weighted by atomic mass is 32.1. The number of aromatic nitrogens is 1. The lowest BCUT2D eigenvalue weighted by molar-refractivity contribution is -0.119. The lowest BCUT2D eigenvalue weighted by Crippen LogP contribution is -2.52. The Balaban J connectivity index is 2.53. The molecule has 7 nitrogen and oxygen atoms in total. The van der Waals surface area contributed by atoms with Crippen molar-refractivity contribution in [3.8, 4) is 5.88 Å². The molecule has 0 bridgehead atoms. The van der Waals surface area contributed by atoms with Crippen LogP contribution in [0.3, 0.4) is 0 Å². The number of nitrogens with zero attached hydrogens (tertiary/aromatic N) is 2. The number of amides is 1. The molecule has 3 N–H and O–H groups in total. The molecule has 0 atom stereocenters. The minimum atomic E-state index is -0.753. The van der Waals surface area contributed by atoms with Crippen molar-refractivity contribution in [2.24, 2.45) is 10.9 Å². The predicted molar refractivity (Wildman–Crippen MR) is 73.0 cm³/mol. The van der Waals surface area contributed by atoms with E-state index >= 15 is 0 Å². The number of amidine groups is 1. The first-order chi connectivity index (χ1) is 8.85. The third kappa shape index (κ3) is 4.74. The van der Waals surface area contributed by atoms with Crippen LogP contribution >= 0.6 is 11.5 Å². The molecular weight excluding hydrogens is 268 g/mol. The summed E-state index contributed by atoms with van der Waals surface area (Å²) in [5.74, 6) is 0.550. The number of hydrogen-bond donors (Lipinski definition) is 2. The fourth-order valence-electron chi connectivity index (χ4n) is 1.24. The van der Waals surface area contributed by atoms with Crippen molar-refractivity contribution in [3.63, 3.8) is 0 Å². The van der Waals surface area contributed by atoms with Crippen LogP contribution in [0.1, 0.15) is 25.6 Å². The molecule has 1 heterocycles. The summed E-state index contributed by atoms with van der Waals surface area (Å²) in [6.07, 6.45) is 0. The van der Waals surface area contributed by atoms with Gasteiger partial charge in [-0.15, -0.1) is 0 Å². The fourth-order valence-corrected chi connectivity index (χ4v) is 1.84. The van der Waals surface area contributed by atoms with E-state index in [-0.39, 0.29) is 18.3 Å². The van der Waals surface area contributed by atoms with Gasteiger partial charge < -0.3 is 20.6 Å². The van der Waals surface area contributed by atoms with Gasteiger partial charge in [-0.3, -0.25) is 4.79 Å². The molecule has 19 heavy (non-hydrogen) atoms. The molecule has 0 saturated carbocycles. The van der Waals surface area contributed by atoms with Gasteiger partial charge in [0, 0.05) is 13.0 Å². The van der Waals surface area contributed by atoms with Crippen LogP contribution in [0, 0.1) is 0 Å². The Morgan fingerprint density at radius 1 is 1.63 bits per heavy atom. The predicted octanol–water partition coefficient (Wildman–Crippen LogP) is 0.855. The second-order valence-corrected chi connectivity index (χ2v) is 5.28. The van der Waals surface area contributed by atoms with E-state index in [1.165, 1.54) is 18.5 Å². The molecule has 0 aliphatic rings. The smallest absolute Gasteiger partial charge is 0.225 e. The van der Waals surface area contributed by atoms with Crippen molar-refractivity contribution in [1.82, 2.24) is 9.69 Å². The Morgan fingerprint density at radius 3 is 2.84 bits per heavy atom. The molecule has 0 fully saturated rings. The first-order valence-corrected chi connectivity index (χ1v) is 6.36. The third-order valence-corrected chi connectivity index (χ3v) is 2.99. The highest BCUT2D eigenvalue weighted by Crippen LogP contribution is 2.17. The fraction of sp³-hybridized carbons (Fsp3) is 0.545. The number of rotatable bonds is 6. The minimum absolute atomic E-state index is 0.185. The molecule has 0 spiro atoms. The zero-order chi connectivity index (χ0) is 14.5. The second kappa shape index (κ2) is 6.37. The maximum absolute atomic E-state index is 11.0. The van der Waals surface area contributed by atoms with Gasteiger partial charge in [0.25, 0.3) is 0 Å². The molecule has 0 aliphatic carbocycles. The van der Waals surface area contributed by atoms with Gasteiger partial charge in [0.2, 0.25) is 11.8 Å². The zero-order valence-electron chi connectivity index (χ0n) is 11.4. The van der Waals surface area contributed by atoms with Crippen molar-refractivity contribution in [1.29, 1.82) is 0 Å². The Kier molecular flexibility index (Phi) is 5.11. The molecule has 1 amide bonds. The Morgan fingerprint density at radius 2 is 2.32 bits per heavy atom. The van der Waals surface area contributed by atoms with Crippen molar-refractivity contribution in [3.05, 3.63) is 10.9 Å². The Labute approximate surface area is 115 Å². The number of hydrogen-bond acceptors (Lipinski definition) is 6. The average Bonchev–Trinajstić information content (AvgIpc) is 2.75. The lowest BCUT2D eigenvalue weighted by atomic mass is 10.0. The van der Waals surface area contributed by atoms with E-state index in [1.807, 2.05) is 0 Å². The molecule has 0 radical (unpaired) electrons. The normalized spacial score (nSPS) is 12.1. The van der Waals surface area contributed by atoms with Gasteiger partial charge in [-0.25, -0.2) is 0 Å². The summed E-state index contributed by atoms with van der Waals surface area (Å²) < 4.78 is 8.98. The standard InChI is InChI=1S/C11H18N4O3S/c1-7(16)13-11(2,3)10(12)14-18-6-8-5-9(17-4)15-19-8/h5H,6H2,1-4H3,(H2,12,14)(H,13,16). The summed E-state index contributed by atoms with van der Waals surface area (Å²) in [7, 11) is 1.55. The van der Waals surface area contributed by atoms with Crippen molar-refractivity contribution in [2.75, 3.05) is 7.11 Å². The number of ether oxygens (including phenoxy) is 1. The van der Waals surface area contributed by atoms with Crippen LogP contribution in [-0.4, -0.2) is 28.8 Å². The Hall–Kier alpha value is -1.83. The maximum Gasteiger partial charge on any atom is 0.225 e.